The number of hydrogen-bond donors (Lipinski definition) is 1. The maximum atomic E-state index is 12.8. The molecule has 0 unspecified atom stereocenters. The van der Waals surface area contributed by atoms with E-state index < -0.39 is 21.7 Å². The summed E-state index contributed by atoms with van der Waals surface area (Å²) in [6, 6.07) is 9.16. The molecule has 3 aromatic rings. The fourth-order valence-corrected chi connectivity index (χ4v) is 5.21. The Balaban J connectivity index is 1.59. The minimum absolute atomic E-state index is 0.0540. The minimum atomic E-state index is -3.65. The summed E-state index contributed by atoms with van der Waals surface area (Å²) >= 11 is 0. The first kappa shape index (κ1) is 21.9. The number of benzene rings is 2. The van der Waals surface area contributed by atoms with Gasteiger partial charge in [0.15, 0.2) is 5.58 Å². The Morgan fingerprint density at radius 3 is 2.53 bits per heavy atom. The standard InChI is InChI=1S/C21H23N3O7S/c1-29-14-5-8-18(30-2)16(11-14)22-20(25)13-24-17-7-6-15(12-19(17)31-21(24)26)32(27,28)23-9-3-4-10-23/h5-8,11-12H,3-4,9-10,13H2,1-2H3,(H,22,25). The summed E-state index contributed by atoms with van der Waals surface area (Å²) < 4.78 is 43.7. The molecule has 0 atom stereocenters. The topological polar surface area (TPSA) is 120 Å². The van der Waals surface area contributed by atoms with Gasteiger partial charge in [0.2, 0.25) is 15.9 Å². The van der Waals surface area contributed by atoms with Crippen molar-refractivity contribution in [2.24, 2.45) is 0 Å². The van der Waals surface area contributed by atoms with Crippen LogP contribution >= 0.6 is 0 Å². The maximum absolute atomic E-state index is 12.8. The van der Waals surface area contributed by atoms with Crippen LogP contribution in [-0.4, -0.2) is 50.5 Å². The van der Waals surface area contributed by atoms with Crippen molar-refractivity contribution in [2.45, 2.75) is 24.3 Å². The molecular weight excluding hydrogens is 438 g/mol. The lowest BCUT2D eigenvalue weighted by molar-refractivity contribution is -0.116. The summed E-state index contributed by atoms with van der Waals surface area (Å²) in [6.07, 6.45) is 1.64. The van der Waals surface area contributed by atoms with E-state index in [0.717, 1.165) is 17.4 Å². The molecule has 0 aliphatic carbocycles. The van der Waals surface area contributed by atoms with E-state index in [4.69, 9.17) is 13.9 Å². The van der Waals surface area contributed by atoms with Crippen LogP contribution in [0, 0.1) is 0 Å². The second kappa shape index (κ2) is 8.67. The van der Waals surface area contributed by atoms with Crippen molar-refractivity contribution >= 4 is 32.7 Å². The normalized spacial score (nSPS) is 14.6. The first-order chi connectivity index (χ1) is 15.3. The van der Waals surface area contributed by atoms with E-state index in [0.29, 0.717) is 35.8 Å². The van der Waals surface area contributed by atoms with Gasteiger partial charge in [0.1, 0.15) is 18.0 Å². The molecule has 1 aromatic heterocycles. The van der Waals surface area contributed by atoms with Crippen LogP contribution in [0.5, 0.6) is 11.5 Å². The predicted octanol–water partition coefficient (Wildman–Crippen LogP) is 2.03. The summed E-state index contributed by atoms with van der Waals surface area (Å²) in [5.74, 6) is -0.294. The molecule has 32 heavy (non-hydrogen) atoms. The highest BCUT2D eigenvalue weighted by Crippen LogP contribution is 2.29. The van der Waals surface area contributed by atoms with Crippen molar-refractivity contribution in [3.05, 3.63) is 46.9 Å². The molecule has 10 nitrogen and oxygen atoms in total. The van der Waals surface area contributed by atoms with Gasteiger partial charge in [-0.1, -0.05) is 0 Å². The third-order valence-corrected chi connectivity index (χ3v) is 7.22. The smallest absolute Gasteiger partial charge is 0.420 e. The van der Waals surface area contributed by atoms with E-state index in [1.807, 2.05) is 0 Å². The summed E-state index contributed by atoms with van der Waals surface area (Å²) in [5, 5.41) is 2.69. The monoisotopic (exact) mass is 461 g/mol. The lowest BCUT2D eigenvalue weighted by Crippen LogP contribution is -2.27. The summed E-state index contributed by atoms with van der Waals surface area (Å²) in [7, 11) is -0.681. The molecule has 1 fully saturated rings. The molecule has 170 valence electrons. The number of hydrogen-bond acceptors (Lipinski definition) is 7. The summed E-state index contributed by atoms with van der Waals surface area (Å²) in [5.41, 5.74) is 0.807. The van der Waals surface area contributed by atoms with E-state index in [2.05, 4.69) is 5.32 Å². The van der Waals surface area contributed by atoms with Crippen molar-refractivity contribution in [3.63, 3.8) is 0 Å². The molecule has 2 aromatic carbocycles. The molecule has 0 spiro atoms. The second-order valence-corrected chi connectivity index (χ2v) is 9.25. The quantitative estimate of drug-likeness (QED) is 0.572. The first-order valence-corrected chi connectivity index (χ1v) is 11.4. The van der Waals surface area contributed by atoms with Crippen molar-refractivity contribution in [1.29, 1.82) is 0 Å². The van der Waals surface area contributed by atoms with Gasteiger partial charge in [-0.05, 0) is 37.1 Å². The van der Waals surface area contributed by atoms with Crippen LogP contribution in [0.25, 0.3) is 11.1 Å². The SMILES string of the molecule is COc1ccc(OC)c(NC(=O)Cn2c(=O)oc3cc(S(=O)(=O)N4CCCC4)ccc32)c1. The number of amides is 1. The van der Waals surface area contributed by atoms with Gasteiger partial charge in [0.25, 0.3) is 0 Å². The van der Waals surface area contributed by atoms with E-state index in [1.54, 1.807) is 18.2 Å². The molecule has 1 N–H and O–H groups in total. The van der Waals surface area contributed by atoms with Crippen LogP contribution in [0.15, 0.2) is 50.5 Å². The molecule has 1 saturated heterocycles. The lowest BCUT2D eigenvalue weighted by atomic mass is 10.2. The zero-order chi connectivity index (χ0) is 22.9. The Morgan fingerprint density at radius 1 is 1.09 bits per heavy atom. The Bertz CT molecular complexity index is 1320. The van der Waals surface area contributed by atoms with Gasteiger partial charge in [-0.2, -0.15) is 4.31 Å². The number of anilines is 1. The largest absolute Gasteiger partial charge is 0.497 e. The minimum Gasteiger partial charge on any atom is -0.497 e. The summed E-state index contributed by atoms with van der Waals surface area (Å²) in [6.45, 7) is 0.614. The molecule has 0 radical (unpaired) electrons. The number of nitrogens with one attached hydrogen (secondary N) is 1. The van der Waals surface area contributed by atoms with Gasteiger partial charge >= 0.3 is 5.76 Å². The van der Waals surface area contributed by atoms with E-state index in [9.17, 15) is 18.0 Å². The Morgan fingerprint density at radius 2 is 1.84 bits per heavy atom. The molecular formula is C21H23N3O7S. The molecule has 1 aliphatic rings. The highest BCUT2D eigenvalue weighted by molar-refractivity contribution is 7.89. The van der Waals surface area contributed by atoms with Gasteiger partial charge in [-0.25, -0.2) is 13.2 Å². The number of ether oxygens (including phenoxy) is 2. The van der Waals surface area contributed by atoms with Gasteiger partial charge < -0.3 is 19.2 Å². The van der Waals surface area contributed by atoms with Crippen molar-refractivity contribution in [3.8, 4) is 11.5 Å². The average Bonchev–Trinajstić information content (AvgIpc) is 3.42. The van der Waals surface area contributed by atoms with Gasteiger partial charge in [0.05, 0.1) is 30.3 Å². The molecule has 11 heteroatoms. The van der Waals surface area contributed by atoms with Crippen LogP contribution in [-0.2, 0) is 21.4 Å². The van der Waals surface area contributed by atoms with Crippen LogP contribution in [0.1, 0.15) is 12.8 Å². The van der Waals surface area contributed by atoms with E-state index >= 15 is 0 Å². The number of methoxy groups -OCH3 is 2. The van der Waals surface area contributed by atoms with Crippen LogP contribution in [0.3, 0.4) is 0 Å². The van der Waals surface area contributed by atoms with Crippen LogP contribution in [0.2, 0.25) is 0 Å². The van der Waals surface area contributed by atoms with Gasteiger partial charge in [-0.15, -0.1) is 0 Å². The number of fused-ring (bicyclic) bond motifs is 1. The molecule has 0 saturated carbocycles. The molecule has 0 bridgehead atoms. The number of sulfonamides is 1. The predicted molar refractivity (Wildman–Crippen MR) is 117 cm³/mol. The molecule has 2 heterocycles. The molecule has 1 aliphatic heterocycles. The zero-order valence-corrected chi connectivity index (χ0v) is 18.5. The number of rotatable bonds is 7. The number of nitrogens with zero attached hydrogens (tertiary/aromatic N) is 2. The van der Waals surface area contributed by atoms with E-state index in [-0.39, 0.29) is 17.0 Å². The van der Waals surface area contributed by atoms with Crippen molar-refractivity contribution < 1.29 is 27.1 Å². The fraction of sp³-hybridized carbons (Fsp3) is 0.333. The average molecular weight is 461 g/mol. The summed E-state index contributed by atoms with van der Waals surface area (Å²) in [4.78, 5) is 25.1. The van der Waals surface area contributed by atoms with E-state index in [1.165, 1.54) is 36.7 Å². The molecule has 4 rings (SSSR count). The van der Waals surface area contributed by atoms with Crippen molar-refractivity contribution in [1.82, 2.24) is 8.87 Å². The fourth-order valence-electron chi connectivity index (χ4n) is 3.68. The van der Waals surface area contributed by atoms with Crippen LogP contribution < -0.4 is 20.5 Å². The number of aromatic nitrogens is 1. The number of carbonyl (C=O) groups is 1. The third-order valence-electron chi connectivity index (χ3n) is 5.32. The Hall–Kier alpha value is -3.31. The van der Waals surface area contributed by atoms with Gasteiger partial charge in [0, 0.05) is 25.2 Å². The molecule has 1 amide bonds. The zero-order valence-electron chi connectivity index (χ0n) is 17.7. The van der Waals surface area contributed by atoms with Crippen molar-refractivity contribution in [2.75, 3.05) is 32.6 Å². The van der Waals surface area contributed by atoms with Crippen LogP contribution in [0.4, 0.5) is 5.69 Å². The van der Waals surface area contributed by atoms with Gasteiger partial charge in [-0.3, -0.25) is 9.36 Å². The third kappa shape index (κ3) is 4.08. The second-order valence-electron chi connectivity index (χ2n) is 7.31. The first-order valence-electron chi connectivity index (χ1n) is 9.99. The maximum Gasteiger partial charge on any atom is 0.420 e. The Kier molecular flexibility index (Phi) is 5.94. The number of carbonyl (C=O) groups excluding carboxylic acids is 1. The highest BCUT2D eigenvalue weighted by atomic mass is 32.2. The highest BCUT2D eigenvalue weighted by Gasteiger charge is 2.28. The Labute approximate surface area is 184 Å². The lowest BCUT2D eigenvalue weighted by Gasteiger charge is -2.15. The number of oxazole rings is 1.